The highest BCUT2D eigenvalue weighted by Crippen LogP contribution is 2.23. The summed E-state index contributed by atoms with van der Waals surface area (Å²) in [4.78, 5) is 14.0. The first-order valence-corrected chi connectivity index (χ1v) is 9.52. The first-order valence-electron chi connectivity index (χ1n) is 8.53. The van der Waals surface area contributed by atoms with Gasteiger partial charge in [0.2, 0.25) is 5.91 Å². The Morgan fingerprint density at radius 1 is 1.22 bits per heavy atom. The molecule has 3 rings (SSSR count). The summed E-state index contributed by atoms with van der Waals surface area (Å²) in [5.74, 6) is -0.202. The lowest BCUT2D eigenvalue weighted by atomic mass is 10.1. The molecule has 3 aromatic rings. The molecule has 2 aromatic carbocycles. The Labute approximate surface area is 162 Å². The van der Waals surface area contributed by atoms with Crippen molar-refractivity contribution in [2.24, 2.45) is 0 Å². The van der Waals surface area contributed by atoms with E-state index in [-0.39, 0.29) is 24.0 Å². The van der Waals surface area contributed by atoms with Crippen molar-refractivity contribution in [3.05, 3.63) is 71.3 Å². The largest absolute Gasteiger partial charge is 0.341 e. The van der Waals surface area contributed by atoms with Crippen molar-refractivity contribution < 1.29 is 9.18 Å². The summed E-state index contributed by atoms with van der Waals surface area (Å²) in [5.41, 5.74) is 3.78. The summed E-state index contributed by atoms with van der Waals surface area (Å²) < 4.78 is 15.6. The molecule has 0 aliphatic carbocycles. The highest BCUT2D eigenvalue weighted by atomic mass is 32.2. The molecule has 0 atom stereocenters. The molecule has 0 spiro atoms. The Bertz CT molecular complexity index is 957. The standard InChI is InChI=1S/C20H21FN4OS/c1-14-8-9-18(15(2)10-14)25-13-22-23-20(25)27-12-19(26)24(3)11-16-6-4-5-7-17(16)21/h4-10,13H,11-12H2,1-3H3. The first-order chi connectivity index (χ1) is 13.0. The van der Waals surface area contributed by atoms with Crippen molar-refractivity contribution in [1.29, 1.82) is 0 Å². The number of amides is 1. The molecule has 1 amide bonds. The number of rotatable bonds is 6. The van der Waals surface area contributed by atoms with Gasteiger partial charge in [0.1, 0.15) is 12.1 Å². The molecule has 27 heavy (non-hydrogen) atoms. The zero-order valence-electron chi connectivity index (χ0n) is 15.5. The monoisotopic (exact) mass is 384 g/mol. The van der Waals surface area contributed by atoms with Gasteiger partial charge in [-0.3, -0.25) is 9.36 Å². The molecule has 0 N–H and O–H groups in total. The number of nitrogens with zero attached hydrogens (tertiary/aromatic N) is 4. The molecule has 140 valence electrons. The van der Waals surface area contributed by atoms with Gasteiger partial charge < -0.3 is 4.90 Å². The van der Waals surface area contributed by atoms with Crippen LogP contribution in [0.1, 0.15) is 16.7 Å². The smallest absolute Gasteiger partial charge is 0.233 e. The molecule has 1 heterocycles. The maximum Gasteiger partial charge on any atom is 0.233 e. The highest BCUT2D eigenvalue weighted by molar-refractivity contribution is 7.99. The highest BCUT2D eigenvalue weighted by Gasteiger charge is 2.15. The topological polar surface area (TPSA) is 51.0 Å². The van der Waals surface area contributed by atoms with Crippen LogP contribution >= 0.6 is 11.8 Å². The normalized spacial score (nSPS) is 10.8. The molecule has 0 saturated heterocycles. The van der Waals surface area contributed by atoms with Crippen molar-refractivity contribution in [1.82, 2.24) is 19.7 Å². The van der Waals surface area contributed by atoms with E-state index >= 15 is 0 Å². The SMILES string of the molecule is Cc1ccc(-n2cnnc2SCC(=O)N(C)Cc2ccccc2F)c(C)c1. The lowest BCUT2D eigenvalue weighted by Gasteiger charge is -2.17. The molecule has 0 radical (unpaired) electrons. The molecular weight excluding hydrogens is 363 g/mol. The van der Waals surface area contributed by atoms with Gasteiger partial charge in [-0.25, -0.2) is 4.39 Å². The molecule has 0 aliphatic rings. The summed E-state index contributed by atoms with van der Waals surface area (Å²) in [6.45, 7) is 4.31. The van der Waals surface area contributed by atoms with Gasteiger partial charge >= 0.3 is 0 Å². The molecule has 0 saturated carbocycles. The van der Waals surface area contributed by atoms with E-state index < -0.39 is 0 Å². The molecule has 7 heteroatoms. The van der Waals surface area contributed by atoms with E-state index in [2.05, 4.69) is 16.3 Å². The maximum absolute atomic E-state index is 13.8. The fourth-order valence-electron chi connectivity index (χ4n) is 2.77. The third-order valence-electron chi connectivity index (χ3n) is 4.24. The van der Waals surface area contributed by atoms with Crippen LogP contribution < -0.4 is 0 Å². The zero-order chi connectivity index (χ0) is 19.4. The maximum atomic E-state index is 13.8. The number of hydrogen-bond acceptors (Lipinski definition) is 4. The number of benzene rings is 2. The molecule has 1 aromatic heterocycles. The number of carbonyl (C=O) groups is 1. The van der Waals surface area contributed by atoms with Gasteiger partial charge in [-0.2, -0.15) is 0 Å². The van der Waals surface area contributed by atoms with Crippen LogP contribution in [0.3, 0.4) is 0 Å². The van der Waals surface area contributed by atoms with Crippen LogP contribution in [0.5, 0.6) is 0 Å². The minimum atomic E-state index is -0.306. The fourth-order valence-corrected chi connectivity index (χ4v) is 3.63. The number of aromatic nitrogens is 3. The third kappa shape index (κ3) is 4.54. The number of thioether (sulfide) groups is 1. The quantitative estimate of drug-likeness (QED) is 0.607. The predicted octanol–water partition coefficient (Wildman–Crippen LogP) is 3.77. The van der Waals surface area contributed by atoms with Gasteiger partial charge in [0, 0.05) is 19.2 Å². The fraction of sp³-hybridized carbons (Fsp3) is 0.250. The average molecular weight is 384 g/mol. The Morgan fingerprint density at radius 3 is 2.74 bits per heavy atom. The summed E-state index contributed by atoms with van der Waals surface area (Å²) in [6.07, 6.45) is 1.65. The molecule has 5 nitrogen and oxygen atoms in total. The van der Waals surface area contributed by atoms with Gasteiger partial charge in [-0.05, 0) is 31.5 Å². The van der Waals surface area contributed by atoms with Crippen LogP contribution in [0.15, 0.2) is 53.9 Å². The van der Waals surface area contributed by atoms with E-state index in [4.69, 9.17) is 0 Å². The van der Waals surface area contributed by atoms with Gasteiger partial charge in [-0.15, -0.1) is 10.2 Å². The number of halogens is 1. The Morgan fingerprint density at radius 2 is 2.00 bits per heavy atom. The van der Waals surface area contributed by atoms with Crippen molar-refractivity contribution in [3.63, 3.8) is 0 Å². The van der Waals surface area contributed by atoms with Gasteiger partial charge in [0.25, 0.3) is 0 Å². The summed E-state index contributed by atoms with van der Waals surface area (Å²) in [6, 6.07) is 12.6. The molecule has 0 bridgehead atoms. The van der Waals surface area contributed by atoms with E-state index in [9.17, 15) is 9.18 Å². The summed E-state index contributed by atoms with van der Waals surface area (Å²) in [5, 5.41) is 8.76. The van der Waals surface area contributed by atoms with Crippen LogP contribution in [0.2, 0.25) is 0 Å². The number of aryl methyl sites for hydroxylation is 2. The third-order valence-corrected chi connectivity index (χ3v) is 5.17. The van der Waals surface area contributed by atoms with Crippen molar-refractivity contribution >= 4 is 17.7 Å². The molecule has 0 aliphatic heterocycles. The second kappa shape index (κ2) is 8.35. The lowest BCUT2D eigenvalue weighted by molar-refractivity contribution is -0.127. The van der Waals surface area contributed by atoms with Crippen molar-refractivity contribution in [2.45, 2.75) is 25.5 Å². The minimum absolute atomic E-state index is 0.0987. The Kier molecular flexibility index (Phi) is 5.91. The second-order valence-corrected chi connectivity index (χ2v) is 7.35. The van der Waals surface area contributed by atoms with Crippen molar-refractivity contribution in [3.8, 4) is 5.69 Å². The van der Waals surface area contributed by atoms with E-state index in [1.807, 2.05) is 30.5 Å². The van der Waals surface area contributed by atoms with E-state index in [0.717, 1.165) is 11.3 Å². The average Bonchev–Trinajstić information content (AvgIpc) is 3.09. The molecule has 0 fully saturated rings. The van der Waals surface area contributed by atoms with Crippen LogP contribution in [0.4, 0.5) is 4.39 Å². The Balaban J connectivity index is 1.66. The van der Waals surface area contributed by atoms with Gasteiger partial charge in [0.15, 0.2) is 5.16 Å². The molecular formula is C20H21FN4OS. The van der Waals surface area contributed by atoms with Gasteiger partial charge in [-0.1, -0.05) is 47.7 Å². The first kappa shape index (κ1) is 19.1. The van der Waals surface area contributed by atoms with Crippen LogP contribution in [-0.2, 0) is 11.3 Å². The number of hydrogen-bond donors (Lipinski definition) is 0. The van der Waals surface area contributed by atoms with E-state index in [0.29, 0.717) is 10.7 Å². The van der Waals surface area contributed by atoms with E-state index in [1.54, 1.807) is 31.6 Å². The summed E-state index contributed by atoms with van der Waals surface area (Å²) >= 11 is 1.32. The summed E-state index contributed by atoms with van der Waals surface area (Å²) in [7, 11) is 1.67. The van der Waals surface area contributed by atoms with Crippen LogP contribution in [0, 0.1) is 19.7 Å². The van der Waals surface area contributed by atoms with Crippen LogP contribution in [0.25, 0.3) is 5.69 Å². The second-order valence-electron chi connectivity index (χ2n) is 6.40. The van der Waals surface area contributed by atoms with Gasteiger partial charge in [0.05, 0.1) is 11.4 Å². The van der Waals surface area contributed by atoms with Crippen molar-refractivity contribution in [2.75, 3.05) is 12.8 Å². The lowest BCUT2D eigenvalue weighted by Crippen LogP contribution is -2.28. The number of carbonyl (C=O) groups excluding carboxylic acids is 1. The Hall–Kier alpha value is -2.67. The van der Waals surface area contributed by atoms with E-state index in [1.165, 1.54) is 28.3 Å². The minimum Gasteiger partial charge on any atom is -0.341 e. The van der Waals surface area contributed by atoms with Crippen LogP contribution in [-0.4, -0.2) is 38.4 Å². The predicted molar refractivity (Wildman–Crippen MR) is 104 cm³/mol. The molecule has 0 unspecified atom stereocenters. The zero-order valence-corrected chi connectivity index (χ0v) is 16.3.